The van der Waals surface area contributed by atoms with Crippen LogP contribution in [0.1, 0.15) is 34.1 Å². The summed E-state index contributed by atoms with van der Waals surface area (Å²) in [5.74, 6) is 5.16. The monoisotopic (exact) mass is 128 g/mol. The zero-order valence-corrected chi connectivity index (χ0v) is 6.73. The number of hydrogen-bond donors (Lipinski definition) is 1. The summed E-state index contributed by atoms with van der Waals surface area (Å²) in [4.78, 5) is 0. The highest BCUT2D eigenvalue weighted by Gasteiger charge is 2.15. The molecule has 0 aliphatic heterocycles. The van der Waals surface area contributed by atoms with Crippen LogP contribution < -0.4 is 5.84 Å². The summed E-state index contributed by atoms with van der Waals surface area (Å²) in [6.45, 7) is 8.41. The summed E-state index contributed by atoms with van der Waals surface area (Å²) in [5, 5.41) is 3.69. The van der Waals surface area contributed by atoms with Gasteiger partial charge in [0.15, 0.2) is 0 Å². The molecule has 0 saturated carbocycles. The number of hydrogen-bond acceptors (Lipinski definition) is 2. The van der Waals surface area contributed by atoms with Crippen LogP contribution in [0, 0.1) is 5.41 Å². The molecule has 9 heavy (non-hydrogen) atoms. The minimum atomic E-state index is 0.142. The van der Waals surface area contributed by atoms with Gasteiger partial charge >= 0.3 is 0 Å². The zero-order valence-electron chi connectivity index (χ0n) is 6.73. The van der Waals surface area contributed by atoms with Gasteiger partial charge in [-0.15, -0.1) is 0 Å². The number of hydrazone groups is 1. The topological polar surface area (TPSA) is 38.4 Å². The highest BCUT2D eigenvalue weighted by Crippen LogP contribution is 2.17. The minimum Gasteiger partial charge on any atom is -0.323 e. The van der Waals surface area contributed by atoms with E-state index in [-0.39, 0.29) is 5.41 Å². The van der Waals surface area contributed by atoms with E-state index in [4.69, 9.17) is 5.84 Å². The van der Waals surface area contributed by atoms with Crippen molar-refractivity contribution in [3.05, 3.63) is 0 Å². The van der Waals surface area contributed by atoms with E-state index in [1.54, 1.807) is 0 Å². The molecule has 0 rings (SSSR count). The van der Waals surface area contributed by atoms with Gasteiger partial charge in [0.2, 0.25) is 0 Å². The molecule has 2 N–H and O–H groups in total. The largest absolute Gasteiger partial charge is 0.323 e. The quantitative estimate of drug-likeness (QED) is 0.326. The van der Waals surface area contributed by atoms with E-state index >= 15 is 0 Å². The summed E-state index contributed by atoms with van der Waals surface area (Å²) in [7, 11) is 0. The van der Waals surface area contributed by atoms with Crippen LogP contribution in [0.5, 0.6) is 0 Å². The molecule has 0 bridgehead atoms. The molecule has 54 valence electrons. The molecule has 0 aliphatic rings. The first-order valence-electron chi connectivity index (χ1n) is 3.29. The molecule has 0 spiro atoms. The van der Waals surface area contributed by atoms with Crippen LogP contribution in [0.3, 0.4) is 0 Å². The fourth-order valence-corrected chi connectivity index (χ4v) is 0.815. The Morgan fingerprint density at radius 3 is 1.89 bits per heavy atom. The van der Waals surface area contributed by atoms with Crippen molar-refractivity contribution >= 4 is 5.71 Å². The van der Waals surface area contributed by atoms with Crippen LogP contribution >= 0.6 is 0 Å². The van der Waals surface area contributed by atoms with E-state index in [0.717, 1.165) is 12.1 Å². The van der Waals surface area contributed by atoms with E-state index in [2.05, 4.69) is 32.8 Å². The summed E-state index contributed by atoms with van der Waals surface area (Å²) < 4.78 is 0. The molecule has 2 nitrogen and oxygen atoms in total. The second kappa shape index (κ2) is 2.85. The first kappa shape index (κ1) is 8.47. The second-order valence-corrected chi connectivity index (χ2v) is 3.18. The van der Waals surface area contributed by atoms with Gasteiger partial charge in [0, 0.05) is 11.1 Å². The number of rotatable bonds is 1. The van der Waals surface area contributed by atoms with Crippen LogP contribution in [0.15, 0.2) is 5.10 Å². The van der Waals surface area contributed by atoms with Gasteiger partial charge in [0.05, 0.1) is 0 Å². The van der Waals surface area contributed by atoms with E-state index in [1.807, 2.05) is 0 Å². The first-order valence-corrected chi connectivity index (χ1v) is 3.29. The summed E-state index contributed by atoms with van der Waals surface area (Å²) in [5.41, 5.74) is 1.21. The third kappa shape index (κ3) is 2.49. The Balaban J connectivity index is 4.14. The van der Waals surface area contributed by atoms with Gasteiger partial charge in [0.1, 0.15) is 0 Å². The van der Waals surface area contributed by atoms with Crippen LogP contribution in [0.2, 0.25) is 0 Å². The van der Waals surface area contributed by atoms with Gasteiger partial charge in [-0.1, -0.05) is 27.7 Å². The normalized spacial score (nSPS) is 14.0. The van der Waals surface area contributed by atoms with Crippen LogP contribution in [0.4, 0.5) is 0 Å². The van der Waals surface area contributed by atoms with Crippen molar-refractivity contribution in [2.75, 3.05) is 0 Å². The Morgan fingerprint density at radius 1 is 1.44 bits per heavy atom. The molecule has 0 atom stereocenters. The fraction of sp³-hybridized carbons (Fsp3) is 0.857. The third-order valence-electron chi connectivity index (χ3n) is 1.36. The Hall–Kier alpha value is -0.530. The van der Waals surface area contributed by atoms with Crippen LogP contribution in [0.25, 0.3) is 0 Å². The maximum atomic E-state index is 5.16. The Bertz CT molecular complexity index is 109. The van der Waals surface area contributed by atoms with Crippen molar-refractivity contribution in [1.82, 2.24) is 0 Å². The Morgan fingerprint density at radius 2 is 1.89 bits per heavy atom. The van der Waals surface area contributed by atoms with Gasteiger partial charge in [-0.05, 0) is 6.42 Å². The van der Waals surface area contributed by atoms with Crippen LogP contribution in [-0.4, -0.2) is 5.71 Å². The van der Waals surface area contributed by atoms with Crippen molar-refractivity contribution < 1.29 is 0 Å². The summed E-state index contributed by atoms with van der Waals surface area (Å²) in [6.07, 6.45) is 0.944. The molecule has 0 unspecified atom stereocenters. The summed E-state index contributed by atoms with van der Waals surface area (Å²) in [6, 6.07) is 0. The highest BCUT2D eigenvalue weighted by molar-refractivity contribution is 5.88. The Kier molecular flexibility index (Phi) is 2.68. The van der Waals surface area contributed by atoms with Gasteiger partial charge in [-0.2, -0.15) is 5.10 Å². The third-order valence-corrected chi connectivity index (χ3v) is 1.36. The molecule has 0 aromatic heterocycles. The first-order chi connectivity index (χ1) is 4.02. The SMILES string of the molecule is CCC(=NN)C(C)(C)C. The van der Waals surface area contributed by atoms with Crippen LogP contribution in [-0.2, 0) is 0 Å². The maximum Gasteiger partial charge on any atom is 0.0426 e. The molecule has 0 amide bonds. The van der Waals surface area contributed by atoms with Crippen molar-refractivity contribution in [2.45, 2.75) is 34.1 Å². The Labute approximate surface area is 57.1 Å². The van der Waals surface area contributed by atoms with E-state index < -0.39 is 0 Å². The van der Waals surface area contributed by atoms with E-state index in [9.17, 15) is 0 Å². The lowest BCUT2D eigenvalue weighted by Gasteiger charge is -2.18. The predicted molar refractivity (Wildman–Crippen MR) is 41.4 cm³/mol. The van der Waals surface area contributed by atoms with Gasteiger partial charge in [0.25, 0.3) is 0 Å². The molecule has 0 heterocycles. The molecule has 0 radical (unpaired) electrons. The van der Waals surface area contributed by atoms with E-state index in [0.29, 0.717) is 0 Å². The molecule has 0 aliphatic carbocycles. The summed E-state index contributed by atoms with van der Waals surface area (Å²) >= 11 is 0. The zero-order chi connectivity index (χ0) is 7.49. The highest BCUT2D eigenvalue weighted by atomic mass is 15.1. The average Bonchev–Trinajstić information content (AvgIpc) is 1.65. The molecule has 2 heteroatoms. The lowest BCUT2D eigenvalue weighted by atomic mass is 9.89. The molecular weight excluding hydrogens is 112 g/mol. The molecule has 0 fully saturated rings. The average molecular weight is 128 g/mol. The van der Waals surface area contributed by atoms with Crippen molar-refractivity contribution in [3.63, 3.8) is 0 Å². The standard InChI is InChI=1S/C7H16N2/c1-5-6(9-8)7(2,3)4/h5,8H2,1-4H3. The van der Waals surface area contributed by atoms with Crippen molar-refractivity contribution in [2.24, 2.45) is 16.4 Å². The lowest BCUT2D eigenvalue weighted by Crippen LogP contribution is -2.20. The minimum absolute atomic E-state index is 0.142. The van der Waals surface area contributed by atoms with Gasteiger partial charge in [-0.25, -0.2) is 0 Å². The van der Waals surface area contributed by atoms with Crippen molar-refractivity contribution in [3.8, 4) is 0 Å². The fourth-order valence-electron chi connectivity index (χ4n) is 0.815. The smallest absolute Gasteiger partial charge is 0.0426 e. The maximum absolute atomic E-state index is 5.16. The lowest BCUT2D eigenvalue weighted by molar-refractivity contribution is 0.577. The molecule has 0 saturated heterocycles. The van der Waals surface area contributed by atoms with Gasteiger partial charge < -0.3 is 5.84 Å². The molecule has 0 aromatic rings. The number of nitrogens with zero attached hydrogens (tertiary/aromatic N) is 1. The van der Waals surface area contributed by atoms with E-state index in [1.165, 1.54) is 0 Å². The molecular formula is C7H16N2. The predicted octanol–water partition coefficient (Wildman–Crippen LogP) is 1.76. The molecule has 0 aromatic carbocycles. The van der Waals surface area contributed by atoms with Crippen molar-refractivity contribution in [1.29, 1.82) is 0 Å². The van der Waals surface area contributed by atoms with Gasteiger partial charge in [-0.3, -0.25) is 0 Å². The number of nitrogens with two attached hydrogens (primary N) is 1. The second-order valence-electron chi connectivity index (χ2n) is 3.18.